The van der Waals surface area contributed by atoms with Gasteiger partial charge in [-0.3, -0.25) is 9.36 Å². The number of fused-ring (bicyclic) bond motifs is 2. The van der Waals surface area contributed by atoms with Gasteiger partial charge in [-0.1, -0.05) is 5.16 Å². The van der Waals surface area contributed by atoms with Crippen molar-refractivity contribution < 1.29 is 22.4 Å². The second kappa shape index (κ2) is 8.47. The number of rotatable bonds is 4. The van der Waals surface area contributed by atoms with Crippen molar-refractivity contribution in [3.8, 4) is 5.75 Å². The van der Waals surface area contributed by atoms with Crippen molar-refractivity contribution in [3.63, 3.8) is 0 Å². The number of anilines is 1. The van der Waals surface area contributed by atoms with Crippen LogP contribution in [-0.2, 0) is 13.6 Å². The molecule has 0 spiro atoms. The van der Waals surface area contributed by atoms with Crippen LogP contribution >= 0.6 is 0 Å². The van der Waals surface area contributed by atoms with Gasteiger partial charge in [0.25, 0.3) is 5.56 Å². The first kappa shape index (κ1) is 21.9. The Hall–Kier alpha value is -3.90. The lowest BCUT2D eigenvalue weighted by atomic mass is 10.2. The van der Waals surface area contributed by atoms with Crippen LogP contribution in [0.3, 0.4) is 0 Å². The van der Waals surface area contributed by atoms with E-state index in [2.05, 4.69) is 29.7 Å². The van der Waals surface area contributed by atoms with Crippen LogP contribution in [0.15, 0.2) is 52.6 Å². The zero-order valence-corrected chi connectivity index (χ0v) is 18.0. The number of nitrogens with zero attached hydrogens (tertiary/aromatic N) is 7. The highest BCUT2D eigenvalue weighted by Gasteiger charge is 2.45. The zero-order valence-electron chi connectivity index (χ0n) is 18.0. The van der Waals surface area contributed by atoms with Crippen LogP contribution < -0.4 is 15.2 Å². The number of halogens is 3. The minimum atomic E-state index is -4.61. The van der Waals surface area contributed by atoms with Gasteiger partial charge in [0.15, 0.2) is 17.5 Å². The third-order valence-corrected chi connectivity index (χ3v) is 5.83. The van der Waals surface area contributed by atoms with Crippen molar-refractivity contribution in [2.75, 3.05) is 18.0 Å². The van der Waals surface area contributed by atoms with Gasteiger partial charge < -0.3 is 18.7 Å². The van der Waals surface area contributed by atoms with E-state index in [1.54, 1.807) is 30.1 Å². The molecule has 0 bridgehead atoms. The molecule has 1 aromatic carbocycles. The first-order chi connectivity index (χ1) is 16.3. The topological polar surface area (TPSA) is 104 Å². The molecule has 13 heteroatoms. The van der Waals surface area contributed by atoms with Gasteiger partial charge in [-0.05, 0) is 42.5 Å². The molecule has 0 radical (unpaired) electrons. The van der Waals surface area contributed by atoms with Gasteiger partial charge in [-0.2, -0.15) is 4.98 Å². The van der Waals surface area contributed by atoms with Crippen molar-refractivity contribution in [1.82, 2.24) is 29.2 Å². The minimum absolute atomic E-state index is 0.161. The molecule has 178 valence electrons. The number of piperidine rings is 1. The number of hydrogen-bond acceptors (Lipinski definition) is 8. The Morgan fingerprint density at radius 2 is 1.79 bits per heavy atom. The second-order valence-corrected chi connectivity index (χ2v) is 8.24. The average Bonchev–Trinajstić information content (AvgIpc) is 3.18. The molecule has 6 rings (SSSR count). The highest BCUT2D eigenvalue weighted by molar-refractivity contribution is 5.68. The summed E-state index contributed by atoms with van der Waals surface area (Å²) in [6, 6.07) is 6.11. The molecule has 3 aromatic heterocycles. The maximum Gasteiger partial charge on any atom is 0.573 e. The molecule has 1 saturated heterocycles. The lowest BCUT2D eigenvalue weighted by Gasteiger charge is -2.20. The van der Waals surface area contributed by atoms with E-state index in [1.165, 1.54) is 35.8 Å². The van der Waals surface area contributed by atoms with Gasteiger partial charge in [0.1, 0.15) is 18.6 Å². The summed E-state index contributed by atoms with van der Waals surface area (Å²) < 4.78 is 47.6. The number of ether oxygens (including phenoxy) is 1. The third kappa shape index (κ3) is 4.72. The molecule has 0 N–H and O–H groups in total. The normalized spacial score (nSPS) is 19.0. The molecule has 34 heavy (non-hydrogen) atoms. The fourth-order valence-electron chi connectivity index (χ4n) is 4.06. The van der Waals surface area contributed by atoms with Crippen LogP contribution in [0.5, 0.6) is 5.75 Å². The second-order valence-electron chi connectivity index (χ2n) is 8.24. The van der Waals surface area contributed by atoms with Crippen molar-refractivity contribution in [3.05, 3.63) is 59.5 Å². The predicted molar refractivity (Wildman–Crippen MR) is 113 cm³/mol. The Balaban J connectivity index is 0.000000142. The van der Waals surface area contributed by atoms with Crippen molar-refractivity contribution >= 4 is 16.9 Å². The van der Waals surface area contributed by atoms with Crippen LogP contribution in [0.2, 0.25) is 0 Å². The quantitative estimate of drug-likeness (QED) is 0.444. The Morgan fingerprint density at radius 1 is 1.09 bits per heavy atom. The molecule has 4 heterocycles. The molecule has 2 fully saturated rings. The first-order valence-electron chi connectivity index (χ1n) is 10.5. The Kier molecular flexibility index (Phi) is 5.46. The van der Waals surface area contributed by atoms with Gasteiger partial charge in [-0.15, -0.1) is 13.2 Å². The van der Waals surface area contributed by atoms with E-state index in [1.807, 2.05) is 0 Å². The zero-order chi connectivity index (χ0) is 23.9. The molecule has 10 nitrogen and oxygen atoms in total. The number of aryl methyl sites for hydroxylation is 1. The summed E-state index contributed by atoms with van der Waals surface area (Å²) >= 11 is 0. The molecule has 2 atom stereocenters. The van der Waals surface area contributed by atoms with E-state index >= 15 is 0 Å². The molecule has 1 aliphatic heterocycles. The van der Waals surface area contributed by atoms with E-state index in [9.17, 15) is 18.0 Å². The average molecular weight is 475 g/mol. The van der Waals surface area contributed by atoms with Crippen LogP contribution in [0.4, 0.5) is 18.9 Å². The molecular formula is C21H20F3N7O3. The standard InChI is InChI=1S/C12H12F3NO.C9H8N6O2/c13-12(14,15)17-11-3-1-10(2-4-11)16-6-8-5-9(8)7-16;1-14-4-11-8-7(14)9(16)15(5-12-8)2-6-10-3-13-17-6/h1-4,8-9H,5-7H2;3-5H,2H2,1H3/t8-,9+;. The van der Waals surface area contributed by atoms with Crippen LogP contribution in [0, 0.1) is 11.8 Å². The highest BCUT2D eigenvalue weighted by Crippen LogP contribution is 2.46. The minimum Gasteiger partial charge on any atom is -0.406 e. The fourth-order valence-corrected chi connectivity index (χ4v) is 4.06. The molecule has 1 aliphatic carbocycles. The SMILES string of the molecule is Cn1cnc2ncn(Cc3ncno3)c(=O)c21.FC(F)(F)Oc1ccc(N2C[C@H]3C[C@H]3C2)cc1. The van der Waals surface area contributed by atoms with E-state index in [-0.39, 0.29) is 17.9 Å². The molecule has 0 amide bonds. The molecule has 2 aliphatic rings. The third-order valence-electron chi connectivity index (χ3n) is 5.83. The number of hydrogen-bond donors (Lipinski definition) is 0. The van der Waals surface area contributed by atoms with Gasteiger partial charge in [0.05, 0.1) is 6.33 Å². The van der Waals surface area contributed by atoms with E-state index in [0.717, 1.165) is 30.6 Å². The van der Waals surface area contributed by atoms with E-state index < -0.39 is 6.36 Å². The predicted octanol–water partition coefficient (Wildman–Crippen LogP) is 2.60. The molecule has 0 unspecified atom stereocenters. The van der Waals surface area contributed by atoms with Gasteiger partial charge in [0.2, 0.25) is 5.89 Å². The maximum absolute atomic E-state index is 12.1. The molecule has 1 saturated carbocycles. The van der Waals surface area contributed by atoms with Crippen LogP contribution in [-0.4, -0.2) is 48.7 Å². The van der Waals surface area contributed by atoms with Gasteiger partial charge >= 0.3 is 6.36 Å². The lowest BCUT2D eigenvalue weighted by Crippen LogP contribution is -2.22. The molecule has 4 aromatic rings. The Bertz CT molecular complexity index is 1320. The maximum atomic E-state index is 12.1. The van der Waals surface area contributed by atoms with Crippen LogP contribution in [0.1, 0.15) is 12.3 Å². The number of benzene rings is 1. The lowest BCUT2D eigenvalue weighted by molar-refractivity contribution is -0.274. The summed E-state index contributed by atoms with van der Waals surface area (Å²) in [7, 11) is 1.75. The van der Waals surface area contributed by atoms with E-state index in [0.29, 0.717) is 17.1 Å². The fraction of sp³-hybridized carbons (Fsp3) is 0.381. The monoisotopic (exact) mass is 475 g/mol. The van der Waals surface area contributed by atoms with Gasteiger partial charge in [-0.25, -0.2) is 9.97 Å². The largest absolute Gasteiger partial charge is 0.573 e. The summed E-state index contributed by atoms with van der Waals surface area (Å²) in [4.78, 5) is 26.3. The Morgan fingerprint density at radius 3 is 2.44 bits per heavy atom. The first-order valence-corrected chi connectivity index (χ1v) is 10.5. The number of alkyl halides is 3. The number of aromatic nitrogens is 6. The van der Waals surface area contributed by atoms with Crippen molar-refractivity contribution in [2.24, 2.45) is 18.9 Å². The smallest absolute Gasteiger partial charge is 0.406 e. The summed E-state index contributed by atoms with van der Waals surface area (Å²) in [5.41, 5.74) is 1.67. The summed E-state index contributed by atoms with van der Waals surface area (Å²) in [5.74, 6) is 1.81. The molecular weight excluding hydrogens is 455 g/mol. The van der Waals surface area contributed by atoms with Crippen molar-refractivity contribution in [1.29, 1.82) is 0 Å². The number of imidazole rings is 1. The summed E-state index contributed by atoms with van der Waals surface area (Å²) in [6.07, 6.45) is 0.955. The summed E-state index contributed by atoms with van der Waals surface area (Å²) in [5, 5.41) is 3.48. The Labute approximate surface area is 190 Å². The highest BCUT2D eigenvalue weighted by atomic mass is 19.4. The van der Waals surface area contributed by atoms with Gasteiger partial charge in [0, 0.05) is 25.8 Å². The van der Waals surface area contributed by atoms with E-state index in [4.69, 9.17) is 4.52 Å². The van der Waals surface area contributed by atoms with Crippen LogP contribution in [0.25, 0.3) is 11.2 Å². The van der Waals surface area contributed by atoms with Crippen molar-refractivity contribution in [2.45, 2.75) is 19.3 Å². The summed E-state index contributed by atoms with van der Waals surface area (Å²) in [6.45, 7) is 2.27.